The minimum atomic E-state index is -0.173. The van der Waals surface area contributed by atoms with Crippen LogP contribution >= 0.6 is 0 Å². The van der Waals surface area contributed by atoms with Gasteiger partial charge in [0.2, 0.25) is 0 Å². The van der Waals surface area contributed by atoms with Crippen molar-refractivity contribution < 1.29 is 42.8 Å². The van der Waals surface area contributed by atoms with Crippen LogP contribution in [-0.4, -0.2) is 140 Å². The predicted molar refractivity (Wildman–Crippen MR) is 305 cm³/mol. The molecule has 0 unspecified atom stereocenters. The number of carbonyl (C=O) groups is 3. The predicted octanol–water partition coefficient (Wildman–Crippen LogP) is 14.4. The smallest absolute Gasteiger partial charge is 0.307 e. The summed E-state index contributed by atoms with van der Waals surface area (Å²) in [6.07, 6.45) is 42.6. The Balaban J connectivity index is 4.28. The summed E-state index contributed by atoms with van der Waals surface area (Å²) in [4.78, 5) is 42.2. The van der Waals surface area contributed by atoms with E-state index >= 15 is 0 Å². The van der Waals surface area contributed by atoms with E-state index in [2.05, 4.69) is 42.9 Å². The fourth-order valence-corrected chi connectivity index (χ4v) is 8.84. The minimum absolute atomic E-state index is 0.129. The zero-order valence-electron chi connectivity index (χ0n) is 48.8. The van der Waals surface area contributed by atoms with Crippen molar-refractivity contribution in [3.8, 4) is 0 Å². The van der Waals surface area contributed by atoms with Gasteiger partial charge in [-0.2, -0.15) is 0 Å². The molecule has 12 nitrogen and oxygen atoms in total. The molecule has 0 bridgehead atoms. The first-order chi connectivity index (χ1) is 35.9. The van der Waals surface area contributed by atoms with Gasteiger partial charge in [-0.25, -0.2) is 0 Å². The number of rotatable bonds is 62. The van der Waals surface area contributed by atoms with E-state index in [-0.39, 0.29) is 17.9 Å². The third-order valence-corrected chi connectivity index (χ3v) is 13.7. The SMILES string of the molecule is CCCCCCCCCOCCCCCCOC(=O)CCNCCCN(C)CCCN(CCC(=O)OCCCCCCOCCCCCCCCC)CCC(=O)OCCCCCCOCCCCCCCCC. The molecular weight excluding hydrogens is 919 g/mol. The van der Waals surface area contributed by atoms with Gasteiger partial charge in [-0.1, -0.05) is 156 Å². The molecule has 0 aromatic heterocycles. The fraction of sp³-hybridized carbons (Fsp3) is 0.951. The average Bonchev–Trinajstić information content (AvgIpc) is 3.39. The summed E-state index contributed by atoms with van der Waals surface area (Å²) in [6, 6.07) is 0. The Kier molecular flexibility index (Phi) is 59.5. The summed E-state index contributed by atoms with van der Waals surface area (Å²) in [7, 11) is 2.13. The maximum Gasteiger partial charge on any atom is 0.307 e. The molecule has 0 saturated heterocycles. The zero-order valence-corrected chi connectivity index (χ0v) is 48.8. The second kappa shape index (κ2) is 61.0. The maximum absolute atomic E-state index is 12.7. The van der Waals surface area contributed by atoms with E-state index in [0.717, 1.165) is 169 Å². The molecule has 0 radical (unpaired) electrons. The van der Waals surface area contributed by atoms with E-state index in [4.69, 9.17) is 28.4 Å². The quantitative estimate of drug-likeness (QED) is 0.0354. The highest BCUT2D eigenvalue weighted by Gasteiger charge is 2.13. The Bertz CT molecular complexity index is 1080. The number of hydrogen-bond acceptors (Lipinski definition) is 12. The molecule has 0 aromatic carbocycles. The molecule has 0 saturated carbocycles. The normalized spacial score (nSPS) is 11.6. The number of nitrogens with one attached hydrogen (secondary N) is 1. The molecule has 0 aliphatic carbocycles. The Morgan fingerprint density at radius 1 is 0.301 bits per heavy atom. The van der Waals surface area contributed by atoms with E-state index < -0.39 is 0 Å². The van der Waals surface area contributed by atoms with Gasteiger partial charge in [-0.05, 0) is 123 Å². The molecule has 0 rings (SSSR count). The Hall–Kier alpha value is -1.83. The van der Waals surface area contributed by atoms with Crippen molar-refractivity contribution in [1.82, 2.24) is 15.1 Å². The number of esters is 3. The van der Waals surface area contributed by atoms with Crippen molar-refractivity contribution in [2.75, 3.05) is 112 Å². The first-order valence-electron chi connectivity index (χ1n) is 31.2. The molecule has 0 aromatic rings. The second-order valence-corrected chi connectivity index (χ2v) is 21.0. The Morgan fingerprint density at radius 2 is 0.589 bits per heavy atom. The van der Waals surface area contributed by atoms with Crippen LogP contribution in [0.5, 0.6) is 0 Å². The maximum atomic E-state index is 12.7. The van der Waals surface area contributed by atoms with E-state index in [1.165, 1.54) is 122 Å². The summed E-state index contributed by atoms with van der Waals surface area (Å²) < 4.78 is 34.1. The summed E-state index contributed by atoms with van der Waals surface area (Å²) in [5.41, 5.74) is 0. The van der Waals surface area contributed by atoms with Crippen molar-refractivity contribution in [3.05, 3.63) is 0 Å². The molecular formula is C61H121N3O9. The molecule has 73 heavy (non-hydrogen) atoms. The number of carbonyl (C=O) groups excluding carboxylic acids is 3. The molecule has 434 valence electrons. The fourth-order valence-electron chi connectivity index (χ4n) is 8.84. The monoisotopic (exact) mass is 1040 g/mol. The van der Waals surface area contributed by atoms with Crippen LogP contribution in [0.25, 0.3) is 0 Å². The first-order valence-corrected chi connectivity index (χ1v) is 31.2. The molecule has 0 atom stereocenters. The lowest BCUT2D eigenvalue weighted by atomic mass is 10.1. The van der Waals surface area contributed by atoms with Gasteiger partial charge in [0, 0.05) is 59.3 Å². The van der Waals surface area contributed by atoms with Gasteiger partial charge in [0.05, 0.1) is 39.1 Å². The molecule has 0 aliphatic rings. The van der Waals surface area contributed by atoms with Crippen LogP contribution in [0.4, 0.5) is 0 Å². The Morgan fingerprint density at radius 3 is 0.932 bits per heavy atom. The van der Waals surface area contributed by atoms with Crippen LogP contribution in [-0.2, 0) is 42.8 Å². The van der Waals surface area contributed by atoms with Gasteiger partial charge < -0.3 is 43.5 Å². The lowest BCUT2D eigenvalue weighted by Crippen LogP contribution is -2.33. The summed E-state index contributed by atoms with van der Waals surface area (Å²) in [6.45, 7) is 18.5. The largest absolute Gasteiger partial charge is 0.466 e. The van der Waals surface area contributed by atoms with Crippen molar-refractivity contribution in [3.63, 3.8) is 0 Å². The topological polar surface area (TPSA) is 125 Å². The Labute approximate surface area is 451 Å². The van der Waals surface area contributed by atoms with Gasteiger partial charge >= 0.3 is 17.9 Å². The van der Waals surface area contributed by atoms with Gasteiger partial charge in [0.25, 0.3) is 0 Å². The lowest BCUT2D eigenvalue weighted by Gasteiger charge is -2.23. The summed E-state index contributed by atoms with van der Waals surface area (Å²) in [5.74, 6) is -0.476. The molecule has 12 heteroatoms. The summed E-state index contributed by atoms with van der Waals surface area (Å²) in [5, 5.41) is 3.39. The van der Waals surface area contributed by atoms with E-state index in [1.807, 2.05) is 0 Å². The molecule has 0 spiro atoms. The second-order valence-electron chi connectivity index (χ2n) is 21.0. The van der Waals surface area contributed by atoms with Crippen LogP contribution in [0, 0.1) is 0 Å². The van der Waals surface area contributed by atoms with Gasteiger partial charge in [0.15, 0.2) is 0 Å². The average molecular weight is 1040 g/mol. The highest BCUT2D eigenvalue weighted by molar-refractivity contribution is 5.70. The van der Waals surface area contributed by atoms with Gasteiger partial charge in [0.1, 0.15) is 0 Å². The number of nitrogens with zero attached hydrogens (tertiary/aromatic N) is 2. The van der Waals surface area contributed by atoms with Gasteiger partial charge in [-0.3, -0.25) is 14.4 Å². The van der Waals surface area contributed by atoms with E-state index in [0.29, 0.717) is 58.7 Å². The van der Waals surface area contributed by atoms with Crippen molar-refractivity contribution >= 4 is 17.9 Å². The summed E-state index contributed by atoms with van der Waals surface area (Å²) >= 11 is 0. The standard InChI is InChI=1S/C61H121N3O9/c1-5-8-11-14-17-20-29-50-68-53-32-23-26-35-56-71-59(65)40-44-62-43-38-45-63(4)46-39-47-64(48-41-60(66)72-57-36-27-24-33-54-69-51-30-21-18-15-12-9-6-2)49-42-61(67)73-58-37-28-25-34-55-70-52-31-22-19-16-13-10-7-3/h62H,5-58H2,1-4H3. The molecule has 0 amide bonds. The molecule has 0 fully saturated rings. The van der Waals surface area contributed by atoms with Crippen molar-refractivity contribution in [2.24, 2.45) is 0 Å². The highest BCUT2D eigenvalue weighted by Crippen LogP contribution is 2.11. The van der Waals surface area contributed by atoms with Crippen molar-refractivity contribution in [1.29, 1.82) is 0 Å². The third-order valence-electron chi connectivity index (χ3n) is 13.7. The molecule has 0 aliphatic heterocycles. The zero-order chi connectivity index (χ0) is 53.0. The van der Waals surface area contributed by atoms with Crippen LogP contribution in [0.1, 0.15) is 265 Å². The highest BCUT2D eigenvalue weighted by atomic mass is 16.5. The lowest BCUT2D eigenvalue weighted by molar-refractivity contribution is -0.145. The number of unbranched alkanes of at least 4 members (excludes halogenated alkanes) is 27. The van der Waals surface area contributed by atoms with Gasteiger partial charge in [-0.15, -0.1) is 0 Å². The van der Waals surface area contributed by atoms with Crippen molar-refractivity contribution in [2.45, 2.75) is 265 Å². The van der Waals surface area contributed by atoms with Crippen LogP contribution in [0.15, 0.2) is 0 Å². The van der Waals surface area contributed by atoms with Crippen LogP contribution in [0.3, 0.4) is 0 Å². The number of ether oxygens (including phenoxy) is 6. The number of hydrogen-bond donors (Lipinski definition) is 1. The third kappa shape index (κ3) is 59.3. The van der Waals surface area contributed by atoms with E-state index in [1.54, 1.807) is 0 Å². The molecule has 0 heterocycles. The van der Waals surface area contributed by atoms with E-state index in [9.17, 15) is 14.4 Å². The molecule has 1 N–H and O–H groups in total. The van der Waals surface area contributed by atoms with Crippen LogP contribution in [0.2, 0.25) is 0 Å². The first kappa shape index (κ1) is 71.2. The minimum Gasteiger partial charge on any atom is -0.466 e. The van der Waals surface area contributed by atoms with Crippen LogP contribution < -0.4 is 5.32 Å².